The molecular formula is C8H16N2O2S. The molecule has 0 rings (SSSR count). The van der Waals surface area contributed by atoms with Gasteiger partial charge in [-0.05, 0) is 20.3 Å². The summed E-state index contributed by atoms with van der Waals surface area (Å²) in [6.45, 7) is 5.47. The summed E-state index contributed by atoms with van der Waals surface area (Å²) in [5.74, 6) is 0. The standard InChI is InChI=1S/C8H16N2O2S/c1-5-6(2)9-8(11)10(13)7(3)12-4/h7,13H,5H2,1-4H3. The maximum Gasteiger partial charge on any atom is 0.355 e. The Hall–Kier alpha value is -0.550. The number of hydrogen-bond acceptors (Lipinski definition) is 3. The molecule has 5 heteroatoms. The fraction of sp³-hybridized carbons (Fsp3) is 0.750. The van der Waals surface area contributed by atoms with Crippen molar-refractivity contribution in [3.8, 4) is 0 Å². The summed E-state index contributed by atoms with van der Waals surface area (Å²) in [7, 11) is 1.51. The van der Waals surface area contributed by atoms with Crippen LogP contribution in [0.25, 0.3) is 0 Å². The third-order valence-corrected chi connectivity index (χ3v) is 2.18. The lowest BCUT2D eigenvalue weighted by Gasteiger charge is -2.19. The zero-order valence-electron chi connectivity index (χ0n) is 8.44. The summed E-state index contributed by atoms with van der Waals surface area (Å²) in [5, 5.41) is 0. The summed E-state index contributed by atoms with van der Waals surface area (Å²) in [6.07, 6.45) is 0.388. The van der Waals surface area contributed by atoms with Crippen molar-refractivity contribution in [3.63, 3.8) is 0 Å². The number of ether oxygens (including phenoxy) is 1. The molecule has 0 radical (unpaired) electrons. The van der Waals surface area contributed by atoms with Gasteiger partial charge in [-0.1, -0.05) is 19.7 Å². The maximum absolute atomic E-state index is 11.3. The van der Waals surface area contributed by atoms with Gasteiger partial charge in [0, 0.05) is 12.8 Å². The van der Waals surface area contributed by atoms with Crippen LogP contribution >= 0.6 is 12.8 Å². The molecule has 0 spiro atoms. The monoisotopic (exact) mass is 204 g/mol. The van der Waals surface area contributed by atoms with Gasteiger partial charge in [-0.3, -0.25) is 0 Å². The highest BCUT2D eigenvalue weighted by molar-refractivity contribution is 7.78. The Bertz CT molecular complexity index is 206. The maximum atomic E-state index is 11.3. The third-order valence-electron chi connectivity index (χ3n) is 1.68. The van der Waals surface area contributed by atoms with Crippen molar-refractivity contribution in [1.82, 2.24) is 4.31 Å². The van der Waals surface area contributed by atoms with Gasteiger partial charge in [0.15, 0.2) is 0 Å². The van der Waals surface area contributed by atoms with Gasteiger partial charge in [0.25, 0.3) is 0 Å². The Morgan fingerprint density at radius 3 is 2.62 bits per heavy atom. The Morgan fingerprint density at radius 1 is 1.69 bits per heavy atom. The largest absolute Gasteiger partial charge is 0.361 e. The number of urea groups is 1. The summed E-state index contributed by atoms with van der Waals surface area (Å²) >= 11 is 3.97. The van der Waals surface area contributed by atoms with Gasteiger partial charge in [0.05, 0.1) is 0 Å². The Kier molecular flexibility index (Phi) is 5.73. The Morgan fingerprint density at radius 2 is 2.23 bits per heavy atom. The van der Waals surface area contributed by atoms with Crippen LogP contribution in [0.4, 0.5) is 4.79 Å². The average molecular weight is 204 g/mol. The van der Waals surface area contributed by atoms with Crippen LogP contribution in [0, 0.1) is 0 Å². The van der Waals surface area contributed by atoms with E-state index in [0.717, 1.165) is 16.4 Å². The Labute approximate surface area is 84.5 Å². The van der Waals surface area contributed by atoms with Crippen molar-refractivity contribution < 1.29 is 9.53 Å². The van der Waals surface area contributed by atoms with Crippen molar-refractivity contribution in [2.45, 2.75) is 33.4 Å². The van der Waals surface area contributed by atoms with Gasteiger partial charge in [-0.25, -0.2) is 14.1 Å². The first-order valence-electron chi connectivity index (χ1n) is 4.12. The number of rotatable bonds is 3. The zero-order chi connectivity index (χ0) is 10.4. The number of methoxy groups -OCH3 is 1. The molecule has 0 aromatic rings. The first-order valence-corrected chi connectivity index (χ1v) is 4.52. The van der Waals surface area contributed by atoms with E-state index in [1.807, 2.05) is 6.92 Å². The smallest absolute Gasteiger partial charge is 0.355 e. The fourth-order valence-electron chi connectivity index (χ4n) is 0.549. The summed E-state index contributed by atoms with van der Waals surface area (Å²) < 4.78 is 6.06. The number of carbonyl (C=O) groups excluding carboxylic acids is 1. The number of hydrogen-bond donors (Lipinski definition) is 1. The van der Waals surface area contributed by atoms with Gasteiger partial charge in [-0.15, -0.1) is 0 Å². The first-order chi connectivity index (χ1) is 6.02. The molecule has 0 bridgehead atoms. The molecule has 0 fully saturated rings. The van der Waals surface area contributed by atoms with Crippen LogP contribution in [-0.4, -0.2) is 29.4 Å². The molecule has 0 N–H and O–H groups in total. The Balaban J connectivity index is 4.26. The molecule has 76 valence electrons. The lowest BCUT2D eigenvalue weighted by atomic mass is 10.3. The summed E-state index contributed by atoms with van der Waals surface area (Å²) in [4.78, 5) is 15.1. The van der Waals surface area contributed by atoms with E-state index < -0.39 is 6.03 Å². The molecule has 0 aliphatic rings. The van der Waals surface area contributed by atoms with Gasteiger partial charge in [0.1, 0.15) is 6.23 Å². The molecule has 13 heavy (non-hydrogen) atoms. The van der Waals surface area contributed by atoms with E-state index in [9.17, 15) is 4.79 Å². The van der Waals surface area contributed by atoms with Crippen LogP contribution in [0.3, 0.4) is 0 Å². The van der Waals surface area contributed by atoms with E-state index in [4.69, 9.17) is 4.74 Å². The minimum atomic E-state index is -0.392. The van der Waals surface area contributed by atoms with Crippen molar-refractivity contribution in [2.75, 3.05) is 7.11 Å². The van der Waals surface area contributed by atoms with Gasteiger partial charge in [0.2, 0.25) is 0 Å². The van der Waals surface area contributed by atoms with E-state index in [1.54, 1.807) is 13.8 Å². The SMILES string of the molecule is CCC(C)=NC(=O)N(S)C(C)OC. The average Bonchev–Trinajstić information content (AvgIpc) is 2.14. The molecule has 0 aliphatic heterocycles. The van der Waals surface area contributed by atoms with Gasteiger partial charge in [-0.2, -0.15) is 0 Å². The summed E-state index contributed by atoms with van der Waals surface area (Å²) in [5.41, 5.74) is 0.785. The topological polar surface area (TPSA) is 41.9 Å². The van der Waals surface area contributed by atoms with Gasteiger partial charge >= 0.3 is 6.03 Å². The zero-order valence-corrected chi connectivity index (χ0v) is 9.34. The lowest BCUT2D eigenvalue weighted by Crippen LogP contribution is -2.30. The molecule has 1 atom stereocenters. The van der Waals surface area contributed by atoms with Crippen LogP contribution in [-0.2, 0) is 4.74 Å². The van der Waals surface area contributed by atoms with Crippen LogP contribution < -0.4 is 0 Å². The van der Waals surface area contributed by atoms with Crippen LogP contribution in [0.5, 0.6) is 0 Å². The van der Waals surface area contributed by atoms with E-state index in [-0.39, 0.29) is 6.23 Å². The van der Waals surface area contributed by atoms with Crippen LogP contribution in [0.15, 0.2) is 4.99 Å². The van der Waals surface area contributed by atoms with Crippen molar-refractivity contribution in [3.05, 3.63) is 0 Å². The van der Waals surface area contributed by atoms with Crippen molar-refractivity contribution >= 4 is 24.6 Å². The number of nitrogens with zero attached hydrogens (tertiary/aromatic N) is 2. The number of carbonyl (C=O) groups is 1. The van der Waals surface area contributed by atoms with Crippen molar-refractivity contribution in [2.24, 2.45) is 4.99 Å². The minimum Gasteiger partial charge on any atom is -0.361 e. The molecule has 0 heterocycles. The van der Waals surface area contributed by atoms with E-state index in [1.165, 1.54) is 7.11 Å². The van der Waals surface area contributed by atoms with E-state index >= 15 is 0 Å². The van der Waals surface area contributed by atoms with E-state index in [0.29, 0.717) is 0 Å². The second-order valence-corrected chi connectivity index (χ2v) is 3.09. The molecule has 4 nitrogen and oxygen atoms in total. The lowest BCUT2D eigenvalue weighted by molar-refractivity contribution is 0.0546. The minimum absolute atomic E-state index is 0.371. The molecule has 2 amide bonds. The van der Waals surface area contributed by atoms with Crippen molar-refractivity contribution in [1.29, 1.82) is 0 Å². The molecule has 0 aliphatic carbocycles. The first kappa shape index (κ1) is 12.4. The number of thiol groups is 1. The molecule has 1 unspecified atom stereocenters. The molecule has 0 aromatic carbocycles. The highest BCUT2D eigenvalue weighted by Crippen LogP contribution is 2.06. The predicted octanol–water partition coefficient (Wildman–Crippen LogP) is 2.12. The van der Waals surface area contributed by atoms with E-state index in [2.05, 4.69) is 17.8 Å². The quantitative estimate of drug-likeness (QED) is 0.434. The highest BCUT2D eigenvalue weighted by atomic mass is 32.1. The highest BCUT2D eigenvalue weighted by Gasteiger charge is 2.14. The molecule has 0 aromatic heterocycles. The van der Waals surface area contributed by atoms with Gasteiger partial charge < -0.3 is 4.74 Å². The second-order valence-electron chi connectivity index (χ2n) is 2.66. The predicted molar refractivity (Wildman–Crippen MR) is 56.1 cm³/mol. The summed E-state index contributed by atoms with van der Waals surface area (Å²) in [6, 6.07) is -0.392. The third kappa shape index (κ3) is 4.28. The molecular weight excluding hydrogens is 188 g/mol. The molecule has 0 saturated carbocycles. The number of aliphatic imine (C=N–C) groups is 1. The second kappa shape index (κ2) is 5.99. The number of amides is 2. The fourth-order valence-corrected chi connectivity index (χ4v) is 0.688. The molecule has 0 saturated heterocycles. The van der Waals surface area contributed by atoms with Crippen LogP contribution in [0.2, 0.25) is 0 Å². The normalized spacial score (nSPS) is 14.1. The van der Waals surface area contributed by atoms with Crippen LogP contribution in [0.1, 0.15) is 27.2 Å².